The molecule has 1 saturated heterocycles. The van der Waals surface area contributed by atoms with Gasteiger partial charge in [-0.05, 0) is 50.1 Å². The molecule has 0 saturated carbocycles. The molecule has 116 valence electrons. The molecular formula is C18H23N3O. The minimum absolute atomic E-state index is 0.0845. The number of nitrogens with one attached hydrogen (secondary N) is 2. The van der Waals surface area contributed by atoms with Crippen LogP contribution in [0.3, 0.4) is 0 Å². The zero-order chi connectivity index (χ0) is 15.5. The summed E-state index contributed by atoms with van der Waals surface area (Å²) in [5.41, 5.74) is 15.8. The summed E-state index contributed by atoms with van der Waals surface area (Å²) in [5.74, 6) is 0.910. The summed E-state index contributed by atoms with van der Waals surface area (Å²) in [6.45, 7) is 4.17. The second-order valence-electron chi connectivity index (χ2n) is 5.99. The van der Waals surface area contributed by atoms with Crippen molar-refractivity contribution in [1.82, 2.24) is 10.9 Å². The minimum atomic E-state index is 0.0845. The molecule has 22 heavy (non-hydrogen) atoms. The van der Waals surface area contributed by atoms with Gasteiger partial charge in [-0.1, -0.05) is 29.8 Å². The molecule has 0 aliphatic carbocycles. The van der Waals surface area contributed by atoms with Gasteiger partial charge in [0, 0.05) is 11.7 Å². The normalized spacial score (nSPS) is 22.5. The quantitative estimate of drug-likeness (QED) is 0.759. The van der Waals surface area contributed by atoms with Crippen LogP contribution in [0.2, 0.25) is 0 Å². The molecule has 0 spiro atoms. The molecule has 3 atom stereocenters. The van der Waals surface area contributed by atoms with Gasteiger partial charge in [-0.15, -0.1) is 0 Å². The largest absolute Gasteiger partial charge is 0.489 e. The van der Waals surface area contributed by atoms with Crippen LogP contribution in [0.15, 0.2) is 48.5 Å². The number of hydrogen-bond donors (Lipinski definition) is 3. The van der Waals surface area contributed by atoms with Crippen LogP contribution in [0, 0.1) is 6.92 Å². The summed E-state index contributed by atoms with van der Waals surface area (Å²) in [6.07, 6.45) is 1.05. The smallest absolute Gasteiger partial charge is 0.119 e. The van der Waals surface area contributed by atoms with E-state index >= 15 is 0 Å². The molecule has 1 fully saturated rings. The van der Waals surface area contributed by atoms with E-state index < -0.39 is 0 Å². The lowest BCUT2D eigenvalue weighted by Crippen LogP contribution is -2.40. The van der Waals surface area contributed by atoms with Crippen LogP contribution in [0.4, 0.5) is 5.69 Å². The standard InChI is InChI=1S/C18H23N3O/c1-12-6-8-16(9-7-12)22-13(2)17-11-18(21-20-17)14-4-3-5-15(19)10-14/h3-10,13,17-18,20-21H,11,19H2,1-2H3. The molecule has 1 aliphatic heterocycles. The first-order chi connectivity index (χ1) is 10.6. The van der Waals surface area contributed by atoms with Gasteiger partial charge in [0.25, 0.3) is 0 Å². The average molecular weight is 297 g/mol. The number of hydrogen-bond acceptors (Lipinski definition) is 4. The van der Waals surface area contributed by atoms with Gasteiger partial charge in [-0.2, -0.15) is 0 Å². The van der Waals surface area contributed by atoms with Crippen LogP contribution in [0.1, 0.15) is 30.5 Å². The molecule has 4 N–H and O–H groups in total. The number of benzene rings is 2. The van der Waals surface area contributed by atoms with Crippen LogP contribution in [0.5, 0.6) is 5.75 Å². The van der Waals surface area contributed by atoms with E-state index in [9.17, 15) is 0 Å². The summed E-state index contributed by atoms with van der Waals surface area (Å²) in [5, 5.41) is 0. The summed E-state index contributed by atoms with van der Waals surface area (Å²) in [6, 6.07) is 16.7. The third-order valence-corrected chi connectivity index (χ3v) is 4.16. The van der Waals surface area contributed by atoms with E-state index in [0.717, 1.165) is 17.9 Å². The second kappa shape index (κ2) is 6.38. The Bertz CT molecular complexity index is 626. The fraction of sp³-hybridized carbons (Fsp3) is 0.333. The highest BCUT2D eigenvalue weighted by Crippen LogP contribution is 2.26. The predicted molar refractivity (Wildman–Crippen MR) is 89.5 cm³/mol. The molecule has 0 bridgehead atoms. The molecule has 2 aromatic rings. The summed E-state index contributed by atoms with van der Waals surface area (Å²) in [4.78, 5) is 0. The topological polar surface area (TPSA) is 59.3 Å². The Morgan fingerprint density at radius 2 is 1.91 bits per heavy atom. The Kier molecular flexibility index (Phi) is 4.32. The van der Waals surface area contributed by atoms with Crippen molar-refractivity contribution in [1.29, 1.82) is 0 Å². The van der Waals surface area contributed by atoms with Crippen molar-refractivity contribution >= 4 is 5.69 Å². The van der Waals surface area contributed by atoms with E-state index in [4.69, 9.17) is 10.5 Å². The summed E-state index contributed by atoms with van der Waals surface area (Å²) >= 11 is 0. The van der Waals surface area contributed by atoms with Gasteiger partial charge in [-0.3, -0.25) is 5.43 Å². The van der Waals surface area contributed by atoms with E-state index in [2.05, 4.69) is 42.9 Å². The van der Waals surface area contributed by atoms with Crippen LogP contribution in [-0.2, 0) is 0 Å². The average Bonchev–Trinajstić information content (AvgIpc) is 3.00. The predicted octanol–water partition coefficient (Wildman–Crippen LogP) is 2.95. The van der Waals surface area contributed by atoms with Crippen molar-refractivity contribution in [2.24, 2.45) is 0 Å². The number of hydrazine groups is 1. The third kappa shape index (κ3) is 3.40. The lowest BCUT2D eigenvalue weighted by Gasteiger charge is -2.20. The summed E-state index contributed by atoms with van der Waals surface area (Å²) in [7, 11) is 0. The molecule has 0 aromatic heterocycles. The van der Waals surface area contributed by atoms with Gasteiger partial charge in [0.15, 0.2) is 0 Å². The molecule has 1 aliphatic rings. The lowest BCUT2D eigenvalue weighted by atomic mass is 9.99. The number of aryl methyl sites for hydroxylation is 1. The molecule has 4 heteroatoms. The molecular weight excluding hydrogens is 274 g/mol. The van der Waals surface area contributed by atoms with E-state index in [-0.39, 0.29) is 18.2 Å². The SMILES string of the molecule is Cc1ccc(OC(C)C2CC(c3cccc(N)c3)NN2)cc1. The number of nitrogens with two attached hydrogens (primary N) is 1. The molecule has 2 aromatic carbocycles. The Hall–Kier alpha value is -2.04. The van der Waals surface area contributed by atoms with Crippen molar-refractivity contribution in [2.45, 2.75) is 38.5 Å². The minimum Gasteiger partial charge on any atom is -0.489 e. The van der Waals surface area contributed by atoms with Crippen molar-refractivity contribution in [2.75, 3.05) is 5.73 Å². The Morgan fingerprint density at radius 3 is 2.64 bits per heavy atom. The van der Waals surface area contributed by atoms with E-state index in [1.165, 1.54) is 11.1 Å². The Labute approximate surface area is 131 Å². The van der Waals surface area contributed by atoms with E-state index in [1.807, 2.05) is 30.3 Å². The van der Waals surface area contributed by atoms with Gasteiger partial charge in [-0.25, -0.2) is 5.43 Å². The van der Waals surface area contributed by atoms with Crippen LogP contribution in [0.25, 0.3) is 0 Å². The molecule has 4 nitrogen and oxygen atoms in total. The third-order valence-electron chi connectivity index (χ3n) is 4.16. The molecule has 3 unspecified atom stereocenters. The Morgan fingerprint density at radius 1 is 1.14 bits per heavy atom. The number of ether oxygens (including phenoxy) is 1. The number of nitrogen functional groups attached to an aromatic ring is 1. The lowest BCUT2D eigenvalue weighted by molar-refractivity contribution is 0.176. The maximum Gasteiger partial charge on any atom is 0.119 e. The zero-order valence-corrected chi connectivity index (χ0v) is 13.0. The molecule has 3 rings (SSSR count). The Balaban J connectivity index is 1.61. The van der Waals surface area contributed by atoms with Gasteiger partial charge < -0.3 is 10.5 Å². The van der Waals surface area contributed by atoms with Crippen LogP contribution >= 0.6 is 0 Å². The first-order valence-corrected chi connectivity index (χ1v) is 7.71. The van der Waals surface area contributed by atoms with Gasteiger partial charge in [0.1, 0.15) is 11.9 Å². The highest BCUT2D eigenvalue weighted by molar-refractivity contribution is 5.42. The van der Waals surface area contributed by atoms with Crippen molar-refractivity contribution < 1.29 is 4.74 Å². The maximum absolute atomic E-state index is 6.03. The highest BCUT2D eigenvalue weighted by atomic mass is 16.5. The molecule has 0 radical (unpaired) electrons. The fourth-order valence-electron chi connectivity index (χ4n) is 2.80. The molecule has 0 amide bonds. The number of anilines is 1. The highest BCUT2D eigenvalue weighted by Gasteiger charge is 2.30. The van der Waals surface area contributed by atoms with Gasteiger partial charge in [0.2, 0.25) is 0 Å². The second-order valence-corrected chi connectivity index (χ2v) is 5.99. The summed E-state index contributed by atoms with van der Waals surface area (Å²) < 4.78 is 6.03. The van der Waals surface area contributed by atoms with Crippen molar-refractivity contribution in [3.05, 3.63) is 59.7 Å². The van der Waals surface area contributed by atoms with Crippen molar-refractivity contribution in [3.8, 4) is 5.75 Å². The van der Waals surface area contributed by atoms with Crippen LogP contribution < -0.4 is 21.3 Å². The first kappa shape index (κ1) is 14.9. The first-order valence-electron chi connectivity index (χ1n) is 7.71. The van der Waals surface area contributed by atoms with Crippen molar-refractivity contribution in [3.63, 3.8) is 0 Å². The van der Waals surface area contributed by atoms with Gasteiger partial charge in [0.05, 0.1) is 6.04 Å². The monoisotopic (exact) mass is 297 g/mol. The molecule has 1 heterocycles. The van der Waals surface area contributed by atoms with E-state index in [1.54, 1.807) is 0 Å². The van der Waals surface area contributed by atoms with Gasteiger partial charge >= 0.3 is 0 Å². The van der Waals surface area contributed by atoms with Crippen LogP contribution in [-0.4, -0.2) is 12.1 Å². The van der Waals surface area contributed by atoms with E-state index in [0.29, 0.717) is 0 Å². The zero-order valence-electron chi connectivity index (χ0n) is 13.0. The maximum atomic E-state index is 6.03. The fourth-order valence-corrected chi connectivity index (χ4v) is 2.80. The number of rotatable bonds is 4.